The van der Waals surface area contributed by atoms with Crippen molar-refractivity contribution < 1.29 is 9.72 Å². The van der Waals surface area contributed by atoms with E-state index in [4.69, 9.17) is 0 Å². The summed E-state index contributed by atoms with van der Waals surface area (Å²) in [6, 6.07) is 13.1. The average Bonchev–Trinajstić information content (AvgIpc) is 2.91. The number of ketones is 1. The van der Waals surface area contributed by atoms with Crippen molar-refractivity contribution in [3.8, 4) is 0 Å². The number of nitro groups is 1. The number of aromatic nitrogens is 2. The van der Waals surface area contributed by atoms with Crippen LogP contribution in [-0.4, -0.2) is 20.9 Å². The first-order valence-corrected chi connectivity index (χ1v) is 5.89. The third-order valence-corrected chi connectivity index (χ3v) is 3.02. The number of H-pyrrole nitrogens is 1. The molecule has 0 aliphatic carbocycles. The van der Waals surface area contributed by atoms with E-state index < -0.39 is 4.92 Å². The number of fused-ring (bicyclic) bond motifs is 1. The Morgan fingerprint density at radius 1 is 1.10 bits per heavy atom. The number of nitro benzene ring substituents is 1. The second-order valence-corrected chi connectivity index (χ2v) is 4.22. The molecule has 0 spiro atoms. The first-order valence-electron chi connectivity index (χ1n) is 5.89. The first-order chi connectivity index (χ1) is 9.68. The largest absolute Gasteiger partial charge is 0.287 e. The third-order valence-electron chi connectivity index (χ3n) is 3.02. The van der Waals surface area contributed by atoms with Crippen molar-refractivity contribution in [3.63, 3.8) is 0 Å². The predicted molar refractivity (Wildman–Crippen MR) is 72.6 cm³/mol. The summed E-state index contributed by atoms with van der Waals surface area (Å²) in [4.78, 5) is 23.0. The van der Waals surface area contributed by atoms with Crippen LogP contribution >= 0.6 is 0 Å². The number of rotatable bonds is 3. The van der Waals surface area contributed by atoms with Gasteiger partial charge in [-0.2, -0.15) is 5.10 Å². The molecule has 0 aliphatic heterocycles. The topological polar surface area (TPSA) is 88.9 Å². The van der Waals surface area contributed by atoms with Gasteiger partial charge in [0.2, 0.25) is 5.78 Å². The van der Waals surface area contributed by atoms with Gasteiger partial charge in [-0.3, -0.25) is 20.0 Å². The molecule has 6 heteroatoms. The molecule has 6 nitrogen and oxygen atoms in total. The second-order valence-electron chi connectivity index (χ2n) is 4.22. The minimum atomic E-state index is -0.514. The van der Waals surface area contributed by atoms with Crippen LogP contribution in [0.25, 0.3) is 10.9 Å². The summed E-state index contributed by atoms with van der Waals surface area (Å²) >= 11 is 0. The molecule has 3 rings (SSSR count). The Kier molecular flexibility index (Phi) is 2.76. The molecule has 2 aromatic carbocycles. The van der Waals surface area contributed by atoms with E-state index in [9.17, 15) is 14.9 Å². The van der Waals surface area contributed by atoms with E-state index in [0.717, 1.165) is 0 Å². The first kappa shape index (κ1) is 12.0. The number of nitrogens with one attached hydrogen (secondary N) is 1. The Bertz CT molecular complexity index is 809. The SMILES string of the molecule is O=C(c1ccccc1)c1n[nH]c2cccc([N+](=O)[O-])c12. The van der Waals surface area contributed by atoms with E-state index in [0.29, 0.717) is 11.1 Å². The summed E-state index contributed by atoms with van der Waals surface area (Å²) in [5.41, 5.74) is 0.853. The minimum Gasteiger partial charge on any atom is -0.287 e. The van der Waals surface area contributed by atoms with Crippen LogP contribution in [0.5, 0.6) is 0 Å². The van der Waals surface area contributed by atoms with Gasteiger partial charge in [0.15, 0.2) is 0 Å². The normalized spacial score (nSPS) is 10.6. The number of hydrogen-bond acceptors (Lipinski definition) is 4. The highest BCUT2D eigenvalue weighted by atomic mass is 16.6. The molecule has 0 saturated heterocycles. The predicted octanol–water partition coefficient (Wildman–Crippen LogP) is 2.70. The summed E-state index contributed by atoms with van der Waals surface area (Å²) in [7, 11) is 0. The number of benzene rings is 2. The molecular weight excluding hydrogens is 258 g/mol. The van der Waals surface area contributed by atoms with E-state index in [2.05, 4.69) is 10.2 Å². The maximum atomic E-state index is 12.4. The third kappa shape index (κ3) is 1.83. The highest BCUT2D eigenvalue weighted by Crippen LogP contribution is 2.28. The molecule has 0 saturated carbocycles. The van der Waals surface area contributed by atoms with Crippen molar-refractivity contribution in [1.29, 1.82) is 0 Å². The number of non-ortho nitro benzene ring substituents is 1. The smallest absolute Gasteiger partial charge is 0.281 e. The van der Waals surface area contributed by atoms with Gasteiger partial charge in [-0.15, -0.1) is 0 Å². The van der Waals surface area contributed by atoms with Crippen LogP contribution in [0.4, 0.5) is 5.69 Å². The molecule has 0 unspecified atom stereocenters. The standard InChI is InChI=1S/C14H9N3O3/c18-14(9-5-2-1-3-6-9)13-12-10(15-16-13)7-4-8-11(12)17(19)20/h1-8H,(H,15,16). The zero-order valence-corrected chi connectivity index (χ0v) is 10.2. The lowest BCUT2D eigenvalue weighted by Gasteiger charge is -1.98. The number of hydrogen-bond donors (Lipinski definition) is 1. The Morgan fingerprint density at radius 3 is 2.55 bits per heavy atom. The quantitative estimate of drug-likeness (QED) is 0.449. The van der Waals surface area contributed by atoms with Gasteiger partial charge in [0.25, 0.3) is 5.69 Å². The average molecular weight is 267 g/mol. The monoisotopic (exact) mass is 267 g/mol. The van der Waals surface area contributed by atoms with E-state index >= 15 is 0 Å². The summed E-state index contributed by atoms with van der Waals surface area (Å²) in [6.07, 6.45) is 0. The Balaban J connectivity index is 2.23. The fourth-order valence-corrected chi connectivity index (χ4v) is 2.10. The molecule has 0 bridgehead atoms. The maximum Gasteiger partial charge on any atom is 0.281 e. The van der Waals surface area contributed by atoms with Gasteiger partial charge in [-0.1, -0.05) is 36.4 Å². The lowest BCUT2D eigenvalue weighted by Crippen LogP contribution is -2.03. The highest BCUT2D eigenvalue weighted by molar-refractivity contribution is 6.16. The van der Waals surface area contributed by atoms with Gasteiger partial charge in [0.1, 0.15) is 11.1 Å². The zero-order valence-electron chi connectivity index (χ0n) is 10.2. The summed E-state index contributed by atoms with van der Waals surface area (Å²) in [5, 5.41) is 17.9. The summed E-state index contributed by atoms with van der Waals surface area (Å²) in [6.45, 7) is 0. The van der Waals surface area contributed by atoms with E-state index in [1.807, 2.05) is 0 Å². The maximum absolute atomic E-state index is 12.4. The molecule has 0 radical (unpaired) electrons. The summed E-state index contributed by atoms with van der Waals surface area (Å²) < 4.78 is 0. The van der Waals surface area contributed by atoms with E-state index in [-0.39, 0.29) is 22.6 Å². The van der Waals surface area contributed by atoms with E-state index in [1.165, 1.54) is 6.07 Å². The van der Waals surface area contributed by atoms with Crippen molar-refractivity contribution in [3.05, 3.63) is 69.9 Å². The molecule has 0 fully saturated rings. The van der Waals surface area contributed by atoms with E-state index in [1.54, 1.807) is 42.5 Å². The molecule has 0 atom stereocenters. The van der Waals surface area contributed by atoms with Gasteiger partial charge in [0, 0.05) is 11.6 Å². The minimum absolute atomic E-state index is 0.0681. The Hall–Kier alpha value is -3.02. The van der Waals surface area contributed by atoms with Gasteiger partial charge in [-0.05, 0) is 6.07 Å². The molecule has 0 amide bonds. The van der Waals surface area contributed by atoms with Gasteiger partial charge >= 0.3 is 0 Å². The molecule has 1 N–H and O–H groups in total. The van der Waals surface area contributed by atoms with Crippen LogP contribution in [0.1, 0.15) is 16.1 Å². The number of aromatic amines is 1. The Morgan fingerprint density at radius 2 is 1.85 bits per heavy atom. The highest BCUT2D eigenvalue weighted by Gasteiger charge is 2.23. The molecule has 98 valence electrons. The lowest BCUT2D eigenvalue weighted by atomic mass is 10.0. The van der Waals surface area contributed by atoms with Crippen LogP contribution in [0.15, 0.2) is 48.5 Å². The number of carbonyl (C=O) groups is 1. The molecule has 20 heavy (non-hydrogen) atoms. The van der Waals surface area contributed by atoms with Crippen LogP contribution < -0.4 is 0 Å². The Labute approximate surface area is 113 Å². The van der Waals surface area contributed by atoms with Crippen LogP contribution in [0, 0.1) is 10.1 Å². The number of carbonyl (C=O) groups excluding carboxylic acids is 1. The van der Waals surface area contributed by atoms with Crippen molar-refractivity contribution in [2.75, 3.05) is 0 Å². The molecule has 3 aromatic rings. The van der Waals surface area contributed by atoms with Crippen LogP contribution in [0.3, 0.4) is 0 Å². The fourth-order valence-electron chi connectivity index (χ4n) is 2.10. The lowest BCUT2D eigenvalue weighted by molar-refractivity contribution is -0.383. The van der Waals surface area contributed by atoms with Gasteiger partial charge in [0.05, 0.1) is 10.4 Å². The molecular formula is C14H9N3O3. The van der Waals surface area contributed by atoms with Crippen LogP contribution in [0.2, 0.25) is 0 Å². The molecule has 1 heterocycles. The van der Waals surface area contributed by atoms with Crippen molar-refractivity contribution in [2.45, 2.75) is 0 Å². The van der Waals surface area contributed by atoms with Crippen molar-refractivity contribution >= 4 is 22.4 Å². The van der Waals surface area contributed by atoms with Gasteiger partial charge < -0.3 is 0 Å². The van der Waals surface area contributed by atoms with Crippen molar-refractivity contribution in [1.82, 2.24) is 10.2 Å². The second kappa shape index (κ2) is 4.58. The summed E-state index contributed by atoms with van der Waals surface area (Å²) in [5.74, 6) is -0.342. The number of nitrogens with zero attached hydrogens (tertiary/aromatic N) is 2. The van der Waals surface area contributed by atoms with Crippen molar-refractivity contribution in [2.24, 2.45) is 0 Å². The molecule has 1 aromatic heterocycles. The fraction of sp³-hybridized carbons (Fsp3) is 0. The van der Waals surface area contributed by atoms with Gasteiger partial charge in [-0.25, -0.2) is 0 Å². The zero-order chi connectivity index (χ0) is 14.1. The molecule has 0 aliphatic rings. The van der Waals surface area contributed by atoms with Crippen LogP contribution in [-0.2, 0) is 0 Å².